The van der Waals surface area contributed by atoms with Gasteiger partial charge in [-0.2, -0.15) is 0 Å². The van der Waals surface area contributed by atoms with Crippen LogP contribution in [-0.4, -0.2) is 18.8 Å². The van der Waals surface area contributed by atoms with Crippen LogP contribution in [0.4, 0.5) is 4.39 Å². The van der Waals surface area contributed by atoms with Crippen LogP contribution in [0.15, 0.2) is 24.3 Å². The first-order valence-corrected chi connectivity index (χ1v) is 5.91. The Morgan fingerprint density at radius 3 is 2.75 bits per heavy atom. The molecule has 2 N–H and O–H groups in total. The van der Waals surface area contributed by atoms with Gasteiger partial charge in [-0.15, -0.1) is 0 Å². The normalized spacial score (nSPS) is 36.9. The predicted octanol–water partition coefficient (Wildman–Crippen LogP) is 2.05. The highest BCUT2D eigenvalue weighted by Gasteiger charge is 2.49. The molecule has 0 saturated carbocycles. The number of nitrogens with two attached hydrogens (primary N) is 1. The topological polar surface area (TPSA) is 35.2 Å². The summed E-state index contributed by atoms with van der Waals surface area (Å²) < 4.78 is 19.6. The van der Waals surface area contributed by atoms with Crippen molar-refractivity contribution in [2.24, 2.45) is 11.7 Å². The molecule has 4 unspecified atom stereocenters. The minimum Gasteiger partial charge on any atom is -0.374 e. The Balaban J connectivity index is 1.97. The van der Waals surface area contributed by atoms with Crippen molar-refractivity contribution < 1.29 is 9.13 Å². The molecule has 0 spiro atoms. The molecule has 2 aliphatic rings. The lowest BCUT2D eigenvalue weighted by atomic mass is 9.75. The van der Waals surface area contributed by atoms with Gasteiger partial charge in [-0.05, 0) is 31.0 Å². The monoisotopic (exact) mass is 221 g/mol. The fourth-order valence-corrected chi connectivity index (χ4v) is 3.25. The Hall–Kier alpha value is -0.930. The van der Waals surface area contributed by atoms with Gasteiger partial charge in [0, 0.05) is 11.8 Å². The average molecular weight is 221 g/mol. The van der Waals surface area contributed by atoms with Gasteiger partial charge >= 0.3 is 0 Å². The van der Waals surface area contributed by atoms with Crippen molar-refractivity contribution in [2.45, 2.75) is 31.0 Å². The van der Waals surface area contributed by atoms with Crippen molar-refractivity contribution >= 4 is 0 Å². The number of halogens is 1. The van der Waals surface area contributed by atoms with Crippen molar-refractivity contribution in [3.05, 3.63) is 35.6 Å². The molecule has 16 heavy (non-hydrogen) atoms. The molecular weight excluding hydrogens is 205 g/mol. The molecule has 2 saturated heterocycles. The van der Waals surface area contributed by atoms with E-state index in [9.17, 15) is 4.39 Å². The van der Waals surface area contributed by atoms with Crippen LogP contribution in [0.2, 0.25) is 0 Å². The SMILES string of the molecule is NCC1C2CCC(O2)C1c1ccccc1F. The van der Waals surface area contributed by atoms with Gasteiger partial charge in [0.2, 0.25) is 0 Å². The molecule has 0 aliphatic carbocycles. The Kier molecular flexibility index (Phi) is 2.45. The van der Waals surface area contributed by atoms with Gasteiger partial charge in [0.25, 0.3) is 0 Å². The van der Waals surface area contributed by atoms with Crippen molar-refractivity contribution in [2.75, 3.05) is 6.54 Å². The van der Waals surface area contributed by atoms with Gasteiger partial charge in [0.1, 0.15) is 5.82 Å². The van der Waals surface area contributed by atoms with E-state index >= 15 is 0 Å². The van der Waals surface area contributed by atoms with Crippen molar-refractivity contribution in [1.82, 2.24) is 0 Å². The number of hydrogen-bond acceptors (Lipinski definition) is 2. The largest absolute Gasteiger partial charge is 0.374 e. The minimum atomic E-state index is -0.123. The Labute approximate surface area is 94.6 Å². The van der Waals surface area contributed by atoms with Crippen LogP contribution >= 0.6 is 0 Å². The first-order valence-electron chi connectivity index (χ1n) is 5.91. The van der Waals surface area contributed by atoms with Crippen LogP contribution in [0, 0.1) is 11.7 Å². The second-order valence-corrected chi connectivity index (χ2v) is 4.74. The van der Waals surface area contributed by atoms with E-state index in [0.29, 0.717) is 6.54 Å². The number of benzene rings is 1. The van der Waals surface area contributed by atoms with Crippen LogP contribution in [0.3, 0.4) is 0 Å². The van der Waals surface area contributed by atoms with Gasteiger partial charge in [-0.1, -0.05) is 18.2 Å². The highest BCUT2D eigenvalue weighted by atomic mass is 19.1. The molecule has 3 rings (SSSR count). The molecule has 2 aliphatic heterocycles. The summed E-state index contributed by atoms with van der Waals surface area (Å²) in [5.41, 5.74) is 6.58. The summed E-state index contributed by atoms with van der Waals surface area (Å²) in [6, 6.07) is 7.00. The van der Waals surface area contributed by atoms with E-state index in [1.807, 2.05) is 12.1 Å². The Morgan fingerprint density at radius 1 is 1.25 bits per heavy atom. The maximum atomic E-state index is 13.8. The molecule has 2 fully saturated rings. The quantitative estimate of drug-likeness (QED) is 0.829. The van der Waals surface area contributed by atoms with Crippen molar-refractivity contribution in [3.63, 3.8) is 0 Å². The molecule has 86 valence electrons. The van der Waals surface area contributed by atoms with E-state index in [0.717, 1.165) is 18.4 Å². The van der Waals surface area contributed by atoms with Crippen LogP contribution < -0.4 is 5.73 Å². The summed E-state index contributed by atoms with van der Waals surface area (Å²) in [7, 11) is 0. The van der Waals surface area contributed by atoms with Gasteiger partial charge in [0.15, 0.2) is 0 Å². The van der Waals surface area contributed by atoms with Crippen LogP contribution in [0.5, 0.6) is 0 Å². The summed E-state index contributed by atoms with van der Waals surface area (Å²) in [6.45, 7) is 0.583. The Bertz CT molecular complexity index is 395. The lowest BCUT2D eigenvalue weighted by Gasteiger charge is -2.27. The average Bonchev–Trinajstić information content (AvgIpc) is 2.89. The van der Waals surface area contributed by atoms with Crippen molar-refractivity contribution in [1.29, 1.82) is 0 Å². The summed E-state index contributed by atoms with van der Waals surface area (Å²) in [5, 5.41) is 0. The van der Waals surface area contributed by atoms with Crippen LogP contribution in [-0.2, 0) is 4.74 Å². The lowest BCUT2D eigenvalue weighted by Crippen LogP contribution is -2.32. The molecule has 2 bridgehead atoms. The lowest BCUT2D eigenvalue weighted by molar-refractivity contribution is 0.0916. The van der Waals surface area contributed by atoms with E-state index in [2.05, 4.69) is 0 Å². The molecule has 2 nitrogen and oxygen atoms in total. The van der Waals surface area contributed by atoms with Gasteiger partial charge in [-0.3, -0.25) is 0 Å². The number of rotatable bonds is 2. The summed E-state index contributed by atoms with van der Waals surface area (Å²) in [5.74, 6) is 0.322. The molecule has 0 radical (unpaired) electrons. The molecule has 1 aromatic rings. The minimum absolute atomic E-state index is 0.123. The first-order chi connectivity index (χ1) is 7.81. The summed E-state index contributed by atoms with van der Waals surface area (Å²) >= 11 is 0. The fourth-order valence-electron chi connectivity index (χ4n) is 3.25. The molecule has 4 atom stereocenters. The van der Waals surface area contributed by atoms with Gasteiger partial charge in [-0.25, -0.2) is 4.39 Å². The molecule has 3 heteroatoms. The van der Waals surface area contributed by atoms with Crippen molar-refractivity contribution in [3.8, 4) is 0 Å². The molecule has 1 aromatic carbocycles. The Morgan fingerprint density at radius 2 is 2.00 bits per heavy atom. The smallest absolute Gasteiger partial charge is 0.126 e. The van der Waals surface area contributed by atoms with E-state index in [1.54, 1.807) is 6.07 Å². The standard InChI is InChI=1S/C13H16FNO/c14-10-4-2-1-3-8(10)13-9(7-15)11-5-6-12(13)16-11/h1-4,9,11-13H,5-7,15H2. The van der Waals surface area contributed by atoms with Gasteiger partial charge in [0.05, 0.1) is 12.2 Å². The summed E-state index contributed by atoms with van der Waals surface area (Å²) in [4.78, 5) is 0. The van der Waals surface area contributed by atoms with E-state index in [1.165, 1.54) is 6.07 Å². The molecular formula is C13H16FNO. The van der Waals surface area contributed by atoms with Crippen LogP contribution in [0.25, 0.3) is 0 Å². The number of fused-ring (bicyclic) bond motifs is 2. The highest BCUT2D eigenvalue weighted by Crippen LogP contribution is 2.48. The first kappa shape index (κ1) is 10.2. The fraction of sp³-hybridized carbons (Fsp3) is 0.538. The molecule has 2 heterocycles. The zero-order valence-corrected chi connectivity index (χ0v) is 9.10. The van der Waals surface area contributed by atoms with E-state index in [-0.39, 0.29) is 29.9 Å². The highest BCUT2D eigenvalue weighted by molar-refractivity contribution is 5.27. The number of ether oxygens (including phenoxy) is 1. The maximum Gasteiger partial charge on any atom is 0.126 e. The molecule has 0 aromatic heterocycles. The second kappa shape index (κ2) is 3.82. The third kappa shape index (κ3) is 1.39. The summed E-state index contributed by atoms with van der Waals surface area (Å²) in [6.07, 6.45) is 2.55. The molecule has 0 amide bonds. The third-order valence-electron chi connectivity index (χ3n) is 3.96. The number of hydrogen-bond donors (Lipinski definition) is 1. The maximum absolute atomic E-state index is 13.8. The van der Waals surface area contributed by atoms with E-state index in [4.69, 9.17) is 10.5 Å². The zero-order valence-electron chi connectivity index (χ0n) is 9.10. The van der Waals surface area contributed by atoms with Gasteiger partial charge < -0.3 is 10.5 Å². The second-order valence-electron chi connectivity index (χ2n) is 4.74. The third-order valence-corrected chi connectivity index (χ3v) is 3.96. The predicted molar refractivity (Wildman–Crippen MR) is 59.6 cm³/mol. The van der Waals surface area contributed by atoms with Crippen LogP contribution in [0.1, 0.15) is 24.3 Å². The van der Waals surface area contributed by atoms with E-state index < -0.39 is 0 Å². The zero-order chi connectivity index (χ0) is 11.1.